The second-order valence-corrected chi connectivity index (χ2v) is 5.78. The van der Waals surface area contributed by atoms with Gasteiger partial charge in [0.15, 0.2) is 0 Å². The molecular formula is C15H23Cl2N. The van der Waals surface area contributed by atoms with E-state index in [9.17, 15) is 0 Å². The zero-order valence-corrected chi connectivity index (χ0v) is 12.8. The molecule has 0 aliphatic carbocycles. The quantitative estimate of drug-likeness (QED) is 0.744. The van der Waals surface area contributed by atoms with Crippen LogP contribution in [0.25, 0.3) is 0 Å². The third kappa shape index (κ3) is 4.79. The molecule has 0 aliphatic rings. The fourth-order valence-corrected chi connectivity index (χ4v) is 2.91. The lowest BCUT2D eigenvalue weighted by Gasteiger charge is -2.23. The molecule has 3 heteroatoms. The summed E-state index contributed by atoms with van der Waals surface area (Å²) in [5.74, 6) is 0.590. The summed E-state index contributed by atoms with van der Waals surface area (Å²) in [7, 11) is 0. The number of rotatable bonds is 7. The summed E-state index contributed by atoms with van der Waals surface area (Å²) in [6, 6.07) is 5.84. The van der Waals surface area contributed by atoms with Crippen molar-refractivity contribution in [2.75, 3.05) is 0 Å². The van der Waals surface area contributed by atoms with Crippen molar-refractivity contribution < 1.29 is 0 Å². The van der Waals surface area contributed by atoms with E-state index >= 15 is 0 Å². The lowest BCUT2D eigenvalue weighted by molar-refractivity contribution is 0.360. The van der Waals surface area contributed by atoms with Gasteiger partial charge >= 0.3 is 0 Å². The molecular weight excluding hydrogens is 265 g/mol. The SMILES string of the molecule is CCCC(CCC)C(N)Cc1ccc(Cl)cc1Cl. The second-order valence-electron chi connectivity index (χ2n) is 4.94. The van der Waals surface area contributed by atoms with Crippen LogP contribution in [0.4, 0.5) is 0 Å². The Morgan fingerprint density at radius 1 is 1.11 bits per heavy atom. The Kier molecular flexibility index (Phi) is 7.06. The summed E-state index contributed by atoms with van der Waals surface area (Å²) in [5, 5.41) is 1.40. The number of benzene rings is 1. The van der Waals surface area contributed by atoms with Gasteiger partial charge in [0.2, 0.25) is 0 Å². The smallest absolute Gasteiger partial charge is 0.0453 e. The number of hydrogen-bond acceptors (Lipinski definition) is 1. The molecule has 1 atom stereocenters. The monoisotopic (exact) mass is 287 g/mol. The molecule has 0 fully saturated rings. The predicted molar refractivity (Wildman–Crippen MR) is 81.4 cm³/mol. The Hall–Kier alpha value is -0.240. The zero-order valence-electron chi connectivity index (χ0n) is 11.3. The number of nitrogens with two attached hydrogens (primary N) is 1. The van der Waals surface area contributed by atoms with Crippen molar-refractivity contribution in [2.45, 2.75) is 52.0 Å². The molecule has 0 aliphatic heterocycles. The zero-order chi connectivity index (χ0) is 13.5. The molecule has 0 bridgehead atoms. The minimum atomic E-state index is 0.184. The first-order valence-electron chi connectivity index (χ1n) is 6.78. The first-order chi connectivity index (χ1) is 8.58. The van der Waals surface area contributed by atoms with Crippen LogP contribution in [0.1, 0.15) is 45.1 Å². The summed E-state index contributed by atoms with van der Waals surface area (Å²) >= 11 is 12.1. The molecule has 1 unspecified atom stereocenters. The van der Waals surface area contributed by atoms with Gasteiger partial charge in [-0.2, -0.15) is 0 Å². The number of halogens is 2. The van der Waals surface area contributed by atoms with E-state index in [1.165, 1.54) is 25.7 Å². The summed E-state index contributed by atoms with van der Waals surface area (Å²) < 4.78 is 0. The van der Waals surface area contributed by atoms with Gasteiger partial charge in [0, 0.05) is 16.1 Å². The molecule has 18 heavy (non-hydrogen) atoms. The van der Waals surface area contributed by atoms with E-state index in [1.807, 2.05) is 12.1 Å². The first kappa shape index (κ1) is 15.8. The highest BCUT2D eigenvalue weighted by Gasteiger charge is 2.17. The number of hydrogen-bond donors (Lipinski definition) is 1. The minimum absolute atomic E-state index is 0.184. The van der Waals surface area contributed by atoms with Crippen LogP contribution in [-0.2, 0) is 6.42 Å². The Balaban J connectivity index is 2.69. The molecule has 0 aromatic heterocycles. The Labute approximate surface area is 121 Å². The third-order valence-electron chi connectivity index (χ3n) is 3.40. The van der Waals surface area contributed by atoms with Crippen molar-refractivity contribution in [2.24, 2.45) is 11.7 Å². The maximum Gasteiger partial charge on any atom is 0.0453 e. The summed E-state index contributed by atoms with van der Waals surface area (Å²) in [6.07, 6.45) is 5.60. The van der Waals surface area contributed by atoms with Crippen LogP contribution in [0.3, 0.4) is 0 Å². The van der Waals surface area contributed by atoms with Gasteiger partial charge in [-0.3, -0.25) is 0 Å². The molecule has 1 aromatic rings. The van der Waals surface area contributed by atoms with Crippen LogP contribution in [-0.4, -0.2) is 6.04 Å². The lowest BCUT2D eigenvalue weighted by atomic mass is 9.87. The van der Waals surface area contributed by atoms with Crippen molar-refractivity contribution in [3.8, 4) is 0 Å². The first-order valence-corrected chi connectivity index (χ1v) is 7.53. The van der Waals surface area contributed by atoms with Gasteiger partial charge in [-0.25, -0.2) is 0 Å². The van der Waals surface area contributed by atoms with E-state index in [2.05, 4.69) is 13.8 Å². The Bertz CT molecular complexity index is 360. The van der Waals surface area contributed by atoms with Crippen molar-refractivity contribution in [1.29, 1.82) is 0 Å². The lowest BCUT2D eigenvalue weighted by Crippen LogP contribution is -2.32. The van der Waals surface area contributed by atoms with Crippen LogP contribution < -0.4 is 5.73 Å². The molecule has 1 nitrogen and oxygen atoms in total. The van der Waals surface area contributed by atoms with Gasteiger partial charge in [-0.15, -0.1) is 0 Å². The molecule has 102 valence electrons. The molecule has 0 amide bonds. The Morgan fingerprint density at radius 2 is 1.72 bits per heavy atom. The second kappa shape index (κ2) is 8.04. The maximum absolute atomic E-state index is 6.34. The predicted octanol–water partition coefficient (Wildman–Crippen LogP) is 5.08. The highest BCUT2D eigenvalue weighted by molar-refractivity contribution is 6.35. The largest absolute Gasteiger partial charge is 0.327 e. The maximum atomic E-state index is 6.34. The van der Waals surface area contributed by atoms with Crippen molar-refractivity contribution in [1.82, 2.24) is 0 Å². The van der Waals surface area contributed by atoms with Crippen LogP contribution in [0.2, 0.25) is 10.0 Å². The highest BCUT2D eigenvalue weighted by Crippen LogP contribution is 2.25. The van der Waals surface area contributed by atoms with Crippen molar-refractivity contribution in [3.63, 3.8) is 0 Å². The van der Waals surface area contributed by atoms with Gasteiger partial charge in [0.05, 0.1) is 0 Å². The van der Waals surface area contributed by atoms with Gasteiger partial charge in [0.25, 0.3) is 0 Å². The van der Waals surface area contributed by atoms with E-state index in [1.54, 1.807) is 6.07 Å². The molecule has 0 saturated heterocycles. The Morgan fingerprint density at radius 3 is 2.22 bits per heavy atom. The van der Waals surface area contributed by atoms with E-state index in [4.69, 9.17) is 28.9 Å². The van der Waals surface area contributed by atoms with E-state index in [0.717, 1.165) is 17.0 Å². The molecule has 0 spiro atoms. The van der Waals surface area contributed by atoms with Gasteiger partial charge in [-0.1, -0.05) is 56.0 Å². The minimum Gasteiger partial charge on any atom is -0.327 e. The molecule has 0 saturated carbocycles. The van der Waals surface area contributed by atoms with Crippen LogP contribution in [0, 0.1) is 5.92 Å². The molecule has 1 aromatic carbocycles. The molecule has 2 N–H and O–H groups in total. The molecule has 0 heterocycles. The van der Waals surface area contributed by atoms with Gasteiger partial charge < -0.3 is 5.73 Å². The molecule has 1 rings (SSSR count). The van der Waals surface area contributed by atoms with Gasteiger partial charge in [-0.05, 0) is 42.9 Å². The van der Waals surface area contributed by atoms with Gasteiger partial charge in [0.1, 0.15) is 0 Å². The summed E-state index contributed by atoms with van der Waals surface area (Å²) in [5.41, 5.74) is 7.44. The molecule has 0 radical (unpaired) electrons. The van der Waals surface area contributed by atoms with Crippen LogP contribution >= 0.6 is 23.2 Å². The average Bonchev–Trinajstić information content (AvgIpc) is 2.32. The van der Waals surface area contributed by atoms with Crippen molar-refractivity contribution >= 4 is 23.2 Å². The van der Waals surface area contributed by atoms with E-state index in [-0.39, 0.29) is 6.04 Å². The third-order valence-corrected chi connectivity index (χ3v) is 3.98. The standard InChI is InChI=1S/C15H23Cl2N/c1-3-5-11(6-4-2)15(18)9-12-7-8-13(16)10-14(12)17/h7-8,10-11,15H,3-6,9,18H2,1-2H3. The van der Waals surface area contributed by atoms with Crippen molar-refractivity contribution in [3.05, 3.63) is 33.8 Å². The van der Waals surface area contributed by atoms with Crippen LogP contribution in [0.5, 0.6) is 0 Å². The summed E-state index contributed by atoms with van der Waals surface area (Å²) in [4.78, 5) is 0. The average molecular weight is 288 g/mol. The summed E-state index contributed by atoms with van der Waals surface area (Å²) in [6.45, 7) is 4.43. The topological polar surface area (TPSA) is 26.0 Å². The highest BCUT2D eigenvalue weighted by atomic mass is 35.5. The fourth-order valence-electron chi connectivity index (χ4n) is 2.42. The van der Waals surface area contributed by atoms with E-state index in [0.29, 0.717) is 10.9 Å². The fraction of sp³-hybridized carbons (Fsp3) is 0.600. The van der Waals surface area contributed by atoms with E-state index < -0.39 is 0 Å². The normalized spacial score (nSPS) is 13.0. The van der Waals surface area contributed by atoms with Crippen LogP contribution in [0.15, 0.2) is 18.2 Å².